The number of sulfone groups is 1. The number of rotatable bonds is 4. The van der Waals surface area contributed by atoms with Crippen molar-refractivity contribution in [2.24, 2.45) is 5.41 Å². The Morgan fingerprint density at radius 3 is 2.38 bits per heavy atom. The maximum Gasteiger partial charge on any atom is 0.181 e. The van der Waals surface area contributed by atoms with Gasteiger partial charge in [0.2, 0.25) is 0 Å². The summed E-state index contributed by atoms with van der Waals surface area (Å²) in [7, 11) is -3.30. The summed E-state index contributed by atoms with van der Waals surface area (Å²) in [4.78, 5) is 0.334. The minimum atomic E-state index is -3.30. The average molecular weight is 310 g/mol. The van der Waals surface area contributed by atoms with E-state index < -0.39 is 16.1 Å². The molecular weight excluding hydrogens is 288 g/mol. The first-order chi connectivity index (χ1) is 9.80. The van der Waals surface area contributed by atoms with Gasteiger partial charge >= 0.3 is 0 Å². The van der Waals surface area contributed by atoms with Crippen LogP contribution in [0.25, 0.3) is 0 Å². The molecule has 0 atom stereocenters. The monoisotopic (exact) mass is 310 g/mol. The van der Waals surface area contributed by atoms with Crippen molar-refractivity contribution < 1.29 is 17.9 Å². The molecule has 21 heavy (non-hydrogen) atoms. The van der Waals surface area contributed by atoms with Crippen LogP contribution in [0.5, 0.6) is 0 Å². The molecule has 4 nitrogen and oxygen atoms in total. The van der Waals surface area contributed by atoms with Gasteiger partial charge in [-0.3, -0.25) is 0 Å². The van der Waals surface area contributed by atoms with E-state index in [-0.39, 0.29) is 11.2 Å². The molecule has 1 heterocycles. The SMILES string of the molecule is C/C(=C\CS(=O)(=O)c1ccccc1)C1OCC(C)(C)CO1. The molecule has 0 unspecified atom stereocenters. The third kappa shape index (κ3) is 4.40. The van der Waals surface area contributed by atoms with E-state index in [1.54, 1.807) is 36.4 Å². The first-order valence-electron chi connectivity index (χ1n) is 6.98. The van der Waals surface area contributed by atoms with Crippen LogP contribution in [0.15, 0.2) is 46.9 Å². The molecule has 5 heteroatoms. The minimum Gasteiger partial charge on any atom is -0.348 e. The lowest BCUT2D eigenvalue weighted by Crippen LogP contribution is -2.38. The quantitative estimate of drug-likeness (QED) is 0.803. The zero-order valence-corrected chi connectivity index (χ0v) is 13.5. The van der Waals surface area contributed by atoms with E-state index in [9.17, 15) is 8.42 Å². The largest absolute Gasteiger partial charge is 0.348 e. The summed E-state index contributed by atoms with van der Waals surface area (Å²) >= 11 is 0. The van der Waals surface area contributed by atoms with Crippen molar-refractivity contribution in [2.75, 3.05) is 19.0 Å². The Bertz CT molecular complexity index is 592. The lowest BCUT2D eigenvalue weighted by Gasteiger charge is -2.35. The topological polar surface area (TPSA) is 52.6 Å². The molecule has 0 amide bonds. The van der Waals surface area contributed by atoms with Gasteiger partial charge in [0.25, 0.3) is 0 Å². The van der Waals surface area contributed by atoms with Gasteiger partial charge in [-0.2, -0.15) is 0 Å². The lowest BCUT2D eigenvalue weighted by molar-refractivity contribution is -0.202. The molecule has 2 rings (SSSR count). The second kappa shape index (κ2) is 6.30. The molecule has 0 N–H and O–H groups in total. The molecular formula is C16H22O4S. The molecule has 1 saturated heterocycles. The van der Waals surface area contributed by atoms with Crippen LogP contribution in [-0.2, 0) is 19.3 Å². The molecule has 0 saturated carbocycles. The molecule has 1 aromatic rings. The Morgan fingerprint density at radius 2 is 1.81 bits per heavy atom. The van der Waals surface area contributed by atoms with Crippen LogP contribution in [0, 0.1) is 5.41 Å². The predicted octanol–water partition coefficient (Wildman–Crippen LogP) is 2.81. The van der Waals surface area contributed by atoms with Crippen LogP contribution >= 0.6 is 0 Å². The molecule has 0 bridgehead atoms. The minimum absolute atomic E-state index is 0.00684. The molecule has 116 valence electrons. The number of hydrogen-bond acceptors (Lipinski definition) is 4. The number of benzene rings is 1. The van der Waals surface area contributed by atoms with Gasteiger partial charge < -0.3 is 9.47 Å². The first-order valence-corrected chi connectivity index (χ1v) is 8.63. The fourth-order valence-corrected chi connectivity index (χ4v) is 3.26. The Balaban J connectivity index is 2.01. The maximum atomic E-state index is 12.2. The number of hydrogen-bond donors (Lipinski definition) is 0. The highest BCUT2D eigenvalue weighted by Gasteiger charge is 2.29. The standard InChI is InChI=1S/C16H22O4S/c1-13(15-19-11-16(2,3)12-20-15)9-10-21(17,18)14-7-5-4-6-8-14/h4-9,15H,10-12H2,1-3H3/b13-9+. The zero-order valence-electron chi connectivity index (χ0n) is 12.7. The Hall–Kier alpha value is -1.17. The van der Waals surface area contributed by atoms with Crippen molar-refractivity contribution in [1.82, 2.24) is 0 Å². The van der Waals surface area contributed by atoms with Crippen LogP contribution < -0.4 is 0 Å². The van der Waals surface area contributed by atoms with Crippen molar-refractivity contribution in [3.8, 4) is 0 Å². The van der Waals surface area contributed by atoms with Crippen molar-refractivity contribution in [3.05, 3.63) is 42.0 Å². The summed E-state index contributed by atoms with van der Waals surface area (Å²) in [5.74, 6) is -0.0462. The van der Waals surface area contributed by atoms with E-state index in [0.717, 1.165) is 5.57 Å². The molecule has 1 aliphatic rings. The summed E-state index contributed by atoms with van der Waals surface area (Å²) in [5.41, 5.74) is 0.803. The second-order valence-electron chi connectivity index (χ2n) is 6.16. The maximum absolute atomic E-state index is 12.2. The van der Waals surface area contributed by atoms with Crippen molar-refractivity contribution in [1.29, 1.82) is 0 Å². The Morgan fingerprint density at radius 1 is 1.24 bits per heavy atom. The highest BCUT2D eigenvalue weighted by atomic mass is 32.2. The molecule has 0 aromatic heterocycles. The molecule has 1 aliphatic heterocycles. The van der Waals surface area contributed by atoms with Gasteiger partial charge in [0.15, 0.2) is 16.1 Å². The predicted molar refractivity (Wildman–Crippen MR) is 81.7 cm³/mol. The lowest BCUT2D eigenvalue weighted by atomic mass is 9.95. The Labute approximate surface area is 126 Å². The second-order valence-corrected chi connectivity index (χ2v) is 8.19. The van der Waals surface area contributed by atoms with E-state index in [4.69, 9.17) is 9.47 Å². The van der Waals surface area contributed by atoms with Gasteiger partial charge in [0.1, 0.15) is 0 Å². The van der Waals surface area contributed by atoms with Crippen molar-refractivity contribution in [3.63, 3.8) is 0 Å². The fraction of sp³-hybridized carbons (Fsp3) is 0.500. The molecule has 0 aliphatic carbocycles. The average Bonchev–Trinajstić information content (AvgIpc) is 2.46. The van der Waals surface area contributed by atoms with Crippen LogP contribution in [-0.4, -0.2) is 33.7 Å². The number of ether oxygens (including phenoxy) is 2. The third-order valence-corrected chi connectivity index (χ3v) is 4.95. The highest BCUT2D eigenvalue weighted by molar-refractivity contribution is 7.91. The first kappa shape index (κ1) is 16.2. The molecule has 1 fully saturated rings. The van der Waals surface area contributed by atoms with Crippen LogP contribution in [0.2, 0.25) is 0 Å². The summed E-state index contributed by atoms with van der Waals surface area (Å²) in [6.07, 6.45) is 1.23. The van der Waals surface area contributed by atoms with Gasteiger partial charge in [0, 0.05) is 5.41 Å². The zero-order chi connectivity index (χ0) is 15.5. The van der Waals surface area contributed by atoms with Gasteiger partial charge in [0.05, 0.1) is 23.9 Å². The Kier molecular flexibility index (Phi) is 4.86. The van der Waals surface area contributed by atoms with Crippen LogP contribution in [0.4, 0.5) is 0 Å². The van der Waals surface area contributed by atoms with E-state index >= 15 is 0 Å². The summed E-state index contributed by atoms with van der Waals surface area (Å²) in [5, 5.41) is 0. The third-order valence-electron chi connectivity index (χ3n) is 3.35. The summed E-state index contributed by atoms with van der Waals surface area (Å²) < 4.78 is 35.7. The van der Waals surface area contributed by atoms with Crippen LogP contribution in [0.1, 0.15) is 20.8 Å². The van der Waals surface area contributed by atoms with Crippen molar-refractivity contribution in [2.45, 2.75) is 32.0 Å². The summed E-state index contributed by atoms with van der Waals surface area (Å²) in [6, 6.07) is 8.45. The van der Waals surface area contributed by atoms with E-state index in [2.05, 4.69) is 13.8 Å². The summed E-state index contributed by atoms with van der Waals surface area (Å²) in [6.45, 7) is 7.19. The van der Waals surface area contributed by atoms with Crippen LogP contribution in [0.3, 0.4) is 0 Å². The smallest absolute Gasteiger partial charge is 0.181 e. The highest BCUT2D eigenvalue weighted by Crippen LogP contribution is 2.25. The normalized spacial score (nSPS) is 20.4. The van der Waals surface area contributed by atoms with Crippen molar-refractivity contribution >= 4 is 9.84 Å². The molecule has 0 radical (unpaired) electrons. The van der Waals surface area contributed by atoms with E-state index in [0.29, 0.717) is 18.1 Å². The molecule has 1 aromatic carbocycles. The fourth-order valence-electron chi connectivity index (χ4n) is 2.02. The molecule has 0 spiro atoms. The van der Waals surface area contributed by atoms with Gasteiger partial charge in [-0.05, 0) is 24.6 Å². The van der Waals surface area contributed by atoms with Gasteiger partial charge in [-0.1, -0.05) is 38.1 Å². The van der Waals surface area contributed by atoms with Gasteiger partial charge in [-0.15, -0.1) is 0 Å². The van der Waals surface area contributed by atoms with E-state index in [1.165, 1.54) is 0 Å². The van der Waals surface area contributed by atoms with Gasteiger partial charge in [-0.25, -0.2) is 8.42 Å². The van der Waals surface area contributed by atoms with E-state index in [1.807, 2.05) is 6.92 Å².